The first-order valence-electron chi connectivity index (χ1n) is 6.26. The molecular weight excluding hydrogens is 290 g/mol. The van der Waals surface area contributed by atoms with Crippen molar-refractivity contribution >= 4 is 33.0 Å². The molecule has 3 aromatic rings. The Morgan fingerprint density at radius 2 is 2.00 bits per heavy atom. The van der Waals surface area contributed by atoms with Crippen molar-refractivity contribution in [3.63, 3.8) is 0 Å². The fourth-order valence-electron chi connectivity index (χ4n) is 2.29. The number of methoxy groups -OCH3 is 1. The third-order valence-corrected chi connectivity index (χ3v) is 4.67. The first kappa shape index (κ1) is 13.4. The maximum absolute atomic E-state index is 6.41. The lowest BCUT2D eigenvalue weighted by Gasteiger charge is -2.13. The molecule has 20 heavy (non-hydrogen) atoms. The van der Waals surface area contributed by atoms with Crippen molar-refractivity contribution < 1.29 is 4.74 Å². The molecule has 0 amide bonds. The summed E-state index contributed by atoms with van der Waals surface area (Å²) in [4.78, 5) is 0. The monoisotopic (exact) mass is 303 g/mol. The van der Waals surface area contributed by atoms with Gasteiger partial charge in [-0.15, -0.1) is 11.3 Å². The molecule has 2 nitrogen and oxygen atoms in total. The minimum atomic E-state index is -0.183. The van der Waals surface area contributed by atoms with Crippen LogP contribution in [0.15, 0.2) is 47.8 Å². The SMILES string of the molecule is COc1cc(C(N)c2csc3ccccc23)ccc1Cl. The van der Waals surface area contributed by atoms with E-state index in [1.54, 1.807) is 18.4 Å². The second kappa shape index (κ2) is 5.44. The van der Waals surface area contributed by atoms with Crippen LogP contribution in [0.4, 0.5) is 0 Å². The molecule has 0 fully saturated rings. The third kappa shape index (κ3) is 2.29. The van der Waals surface area contributed by atoms with Gasteiger partial charge in [-0.05, 0) is 40.1 Å². The van der Waals surface area contributed by atoms with E-state index in [1.807, 2.05) is 30.3 Å². The van der Waals surface area contributed by atoms with E-state index in [-0.39, 0.29) is 6.04 Å². The van der Waals surface area contributed by atoms with E-state index in [0.29, 0.717) is 10.8 Å². The number of nitrogens with two attached hydrogens (primary N) is 1. The summed E-state index contributed by atoms with van der Waals surface area (Å²) in [5.41, 5.74) is 8.54. The van der Waals surface area contributed by atoms with Crippen LogP contribution >= 0.6 is 22.9 Å². The Hall–Kier alpha value is -1.55. The van der Waals surface area contributed by atoms with E-state index in [9.17, 15) is 0 Å². The van der Waals surface area contributed by atoms with Crippen LogP contribution < -0.4 is 10.5 Å². The number of ether oxygens (including phenoxy) is 1. The van der Waals surface area contributed by atoms with Crippen molar-refractivity contribution in [1.82, 2.24) is 0 Å². The van der Waals surface area contributed by atoms with E-state index in [4.69, 9.17) is 22.1 Å². The van der Waals surface area contributed by atoms with Gasteiger partial charge < -0.3 is 10.5 Å². The molecule has 0 saturated heterocycles. The Kier molecular flexibility index (Phi) is 3.66. The third-order valence-electron chi connectivity index (χ3n) is 3.38. The molecule has 3 rings (SSSR count). The number of hydrogen-bond acceptors (Lipinski definition) is 3. The molecule has 2 aromatic carbocycles. The van der Waals surface area contributed by atoms with Crippen LogP contribution in [0.1, 0.15) is 17.2 Å². The van der Waals surface area contributed by atoms with Crippen molar-refractivity contribution in [2.24, 2.45) is 5.73 Å². The minimum absolute atomic E-state index is 0.183. The van der Waals surface area contributed by atoms with Crippen LogP contribution in [0, 0.1) is 0 Å². The standard InChI is InChI=1S/C16H14ClNOS/c1-19-14-8-10(6-7-13(14)17)16(18)12-9-20-15-5-3-2-4-11(12)15/h2-9,16H,18H2,1H3. The van der Waals surface area contributed by atoms with Gasteiger partial charge in [-0.1, -0.05) is 35.9 Å². The maximum Gasteiger partial charge on any atom is 0.137 e. The van der Waals surface area contributed by atoms with Gasteiger partial charge in [0, 0.05) is 4.70 Å². The van der Waals surface area contributed by atoms with Crippen LogP contribution in [0.2, 0.25) is 5.02 Å². The molecule has 0 aliphatic rings. The molecule has 0 saturated carbocycles. The lowest BCUT2D eigenvalue weighted by atomic mass is 9.99. The first-order valence-corrected chi connectivity index (χ1v) is 7.51. The van der Waals surface area contributed by atoms with Gasteiger partial charge in [0.1, 0.15) is 5.75 Å². The Morgan fingerprint density at radius 3 is 2.80 bits per heavy atom. The second-order valence-electron chi connectivity index (χ2n) is 4.56. The normalized spacial score (nSPS) is 12.6. The van der Waals surface area contributed by atoms with E-state index in [0.717, 1.165) is 11.1 Å². The van der Waals surface area contributed by atoms with Gasteiger partial charge >= 0.3 is 0 Å². The highest BCUT2D eigenvalue weighted by molar-refractivity contribution is 7.17. The summed E-state index contributed by atoms with van der Waals surface area (Å²) < 4.78 is 6.50. The second-order valence-corrected chi connectivity index (χ2v) is 5.88. The van der Waals surface area contributed by atoms with Crippen LogP contribution in [-0.2, 0) is 0 Å². The minimum Gasteiger partial charge on any atom is -0.495 e. The van der Waals surface area contributed by atoms with Gasteiger partial charge in [-0.3, -0.25) is 0 Å². The molecular formula is C16H14ClNOS. The highest BCUT2D eigenvalue weighted by Crippen LogP contribution is 2.34. The molecule has 2 N–H and O–H groups in total. The average molecular weight is 304 g/mol. The maximum atomic E-state index is 6.41. The zero-order valence-corrected chi connectivity index (χ0v) is 12.5. The summed E-state index contributed by atoms with van der Waals surface area (Å²) in [5, 5.41) is 3.92. The molecule has 0 aliphatic heterocycles. The van der Waals surface area contributed by atoms with Crippen LogP contribution in [0.5, 0.6) is 5.75 Å². The first-order chi connectivity index (χ1) is 9.70. The predicted molar refractivity (Wildman–Crippen MR) is 85.9 cm³/mol. The van der Waals surface area contributed by atoms with Gasteiger partial charge in [-0.2, -0.15) is 0 Å². The topological polar surface area (TPSA) is 35.2 Å². The Bertz CT molecular complexity index is 753. The Balaban J connectivity index is 2.06. The molecule has 1 aromatic heterocycles. The summed E-state index contributed by atoms with van der Waals surface area (Å²) in [6.45, 7) is 0. The molecule has 0 spiro atoms. The van der Waals surface area contributed by atoms with Crippen molar-refractivity contribution in [2.45, 2.75) is 6.04 Å². The number of fused-ring (bicyclic) bond motifs is 1. The smallest absolute Gasteiger partial charge is 0.137 e. The van der Waals surface area contributed by atoms with Gasteiger partial charge in [0.05, 0.1) is 18.2 Å². The highest BCUT2D eigenvalue weighted by Gasteiger charge is 2.15. The van der Waals surface area contributed by atoms with Gasteiger partial charge in [0.2, 0.25) is 0 Å². The summed E-state index contributed by atoms with van der Waals surface area (Å²) >= 11 is 7.77. The number of halogens is 1. The molecule has 1 heterocycles. The highest BCUT2D eigenvalue weighted by atomic mass is 35.5. The zero-order valence-electron chi connectivity index (χ0n) is 11.0. The molecule has 1 unspecified atom stereocenters. The number of thiophene rings is 1. The van der Waals surface area contributed by atoms with Crippen molar-refractivity contribution in [1.29, 1.82) is 0 Å². The van der Waals surface area contributed by atoms with Gasteiger partial charge in [-0.25, -0.2) is 0 Å². The number of hydrogen-bond donors (Lipinski definition) is 1. The molecule has 0 aliphatic carbocycles. The number of benzene rings is 2. The average Bonchev–Trinajstić information content (AvgIpc) is 2.91. The van der Waals surface area contributed by atoms with Gasteiger partial charge in [0.25, 0.3) is 0 Å². The Morgan fingerprint density at radius 1 is 1.20 bits per heavy atom. The summed E-state index contributed by atoms with van der Waals surface area (Å²) in [5.74, 6) is 0.652. The fourth-order valence-corrected chi connectivity index (χ4v) is 3.48. The predicted octanol–water partition coefficient (Wildman–Crippen LogP) is 4.61. The van der Waals surface area contributed by atoms with E-state index >= 15 is 0 Å². The molecule has 4 heteroatoms. The quantitative estimate of drug-likeness (QED) is 0.767. The van der Waals surface area contributed by atoms with E-state index in [2.05, 4.69) is 17.5 Å². The zero-order chi connectivity index (χ0) is 14.1. The van der Waals surface area contributed by atoms with Gasteiger partial charge in [0.15, 0.2) is 0 Å². The lowest BCUT2D eigenvalue weighted by molar-refractivity contribution is 0.414. The summed E-state index contributed by atoms with van der Waals surface area (Å²) in [6, 6.07) is 13.8. The largest absolute Gasteiger partial charge is 0.495 e. The molecule has 0 bridgehead atoms. The number of rotatable bonds is 3. The lowest BCUT2D eigenvalue weighted by Crippen LogP contribution is -2.11. The van der Waals surface area contributed by atoms with E-state index in [1.165, 1.54) is 10.1 Å². The molecule has 1 atom stereocenters. The van der Waals surface area contributed by atoms with Crippen molar-refractivity contribution in [3.05, 3.63) is 64.0 Å². The van der Waals surface area contributed by atoms with E-state index < -0.39 is 0 Å². The van der Waals surface area contributed by atoms with Crippen LogP contribution in [0.25, 0.3) is 10.1 Å². The summed E-state index contributed by atoms with van der Waals surface area (Å²) in [7, 11) is 1.61. The van der Waals surface area contributed by atoms with Crippen LogP contribution in [0.3, 0.4) is 0 Å². The van der Waals surface area contributed by atoms with Crippen molar-refractivity contribution in [3.8, 4) is 5.75 Å². The molecule has 102 valence electrons. The molecule has 0 radical (unpaired) electrons. The van der Waals surface area contributed by atoms with Crippen molar-refractivity contribution in [2.75, 3.05) is 7.11 Å². The summed E-state index contributed by atoms with van der Waals surface area (Å²) in [6.07, 6.45) is 0. The Labute approximate surface area is 126 Å². The fraction of sp³-hybridized carbons (Fsp3) is 0.125. The van der Waals surface area contributed by atoms with Crippen LogP contribution in [-0.4, -0.2) is 7.11 Å².